The van der Waals surface area contributed by atoms with Gasteiger partial charge in [0.05, 0.1) is 0 Å². The quantitative estimate of drug-likeness (QED) is 0.333. The van der Waals surface area contributed by atoms with Gasteiger partial charge >= 0.3 is 11.9 Å². The van der Waals surface area contributed by atoms with E-state index in [0.717, 1.165) is 12.0 Å². The second-order valence-electron chi connectivity index (χ2n) is 8.95. The Hall–Kier alpha value is -2.43. The maximum atomic E-state index is 13.3. The molecule has 2 fully saturated rings. The van der Waals surface area contributed by atoms with E-state index < -0.39 is 30.1 Å². The number of allylic oxidation sites excluding steroid dienone is 3. The molecule has 2 aliphatic rings. The van der Waals surface area contributed by atoms with E-state index in [4.69, 9.17) is 9.47 Å². The second kappa shape index (κ2) is 10.3. The zero-order chi connectivity index (χ0) is 23.5. The number of ketones is 1. The standard InChI is InChI=1S/C26H36O5/c1-9-15(6)12-21(27)30-20-13-19(14(4)5)23-18(11-3)24(28)25(22(23)17(20)8)31-26(29)16(7)10-2/h10-12,14,19-20,22-23,25H,8-9,13H2,1-7H3. The smallest absolute Gasteiger partial charge is 0.334 e. The first-order chi connectivity index (χ1) is 14.6. The van der Waals surface area contributed by atoms with Gasteiger partial charge in [-0.25, -0.2) is 9.59 Å². The average Bonchev–Trinajstić information content (AvgIpc) is 3.00. The molecule has 5 unspecified atom stereocenters. The third-order valence-corrected chi connectivity index (χ3v) is 6.74. The predicted octanol–water partition coefficient (Wildman–Crippen LogP) is 5.13. The van der Waals surface area contributed by atoms with Crippen LogP contribution in [0.15, 0.2) is 47.1 Å². The highest BCUT2D eigenvalue weighted by Crippen LogP contribution is 2.53. The normalized spacial score (nSPS) is 30.6. The molecule has 0 aromatic heterocycles. The number of rotatable bonds is 6. The van der Waals surface area contributed by atoms with Crippen molar-refractivity contribution in [2.24, 2.45) is 23.7 Å². The van der Waals surface area contributed by atoms with Gasteiger partial charge in [-0.2, -0.15) is 0 Å². The van der Waals surface area contributed by atoms with E-state index in [1.54, 1.807) is 19.9 Å². The molecule has 5 heteroatoms. The highest BCUT2D eigenvalue weighted by Gasteiger charge is 2.57. The lowest BCUT2D eigenvalue weighted by Crippen LogP contribution is -2.43. The summed E-state index contributed by atoms with van der Waals surface area (Å²) < 4.78 is 11.5. The molecular weight excluding hydrogens is 392 g/mol. The molecule has 0 aromatic rings. The van der Waals surface area contributed by atoms with Gasteiger partial charge in [0.1, 0.15) is 6.10 Å². The first-order valence-corrected chi connectivity index (χ1v) is 11.2. The average molecular weight is 429 g/mol. The fraction of sp³-hybridized carbons (Fsp3) is 0.577. The van der Waals surface area contributed by atoms with E-state index in [1.165, 1.54) is 6.08 Å². The number of hydrogen-bond acceptors (Lipinski definition) is 5. The fourth-order valence-corrected chi connectivity index (χ4v) is 4.63. The minimum Gasteiger partial charge on any atom is -0.455 e. The van der Waals surface area contributed by atoms with Crippen LogP contribution in [0.3, 0.4) is 0 Å². The summed E-state index contributed by atoms with van der Waals surface area (Å²) in [6.45, 7) is 17.6. The van der Waals surface area contributed by atoms with Gasteiger partial charge in [-0.3, -0.25) is 4.79 Å². The highest BCUT2D eigenvalue weighted by molar-refractivity contribution is 6.04. The Kier molecular flexibility index (Phi) is 8.21. The topological polar surface area (TPSA) is 69.7 Å². The minimum absolute atomic E-state index is 0.100. The van der Waals surface area contributed by atoms with Gasteiger partial charge in [0.25, 0.3) is 0 Å². The van der Waals surface area contributed by atoms with Crippen LogP contribution in [0, 0.1) is 23.7 Å². The molecule has 0 saturated heterocycles. The number of ether oxygens (including phenoxy) is 2. The summed E-state index contributed by atoms with van der Waals surface area (Å²) in [4.78, 5) is 38.2. The second-order valence-corrected chi connectivity index (χ2v) is 8.95. The van der Waals surface area contributed by atoms with Crippen LogP contribution in [0.4, 0.5) is 0 Å². The van der Waals surface area contributed by atoms with Crippen molar-refractivity contribution in [2.75, 3.05) is 0 Å². The molecule has 5 atom stereocenters. The molecule has 2 rings (SSSR count). The summed E-state index contributed by atoms with van der Waals surface area (Å²) in [5, 5.41) is 0. The van der Waals surface area contributed by atoms with Gasteiger partial charge in [0.15, 0.2) is 11.9 Å². The summed E-state index contributed by atoms with van der Waals surface area (Å²) in [7, 11) is 0. The molecule has 0 spiro atoms. The van der Waals surface area contributed by atoms with Crippen LogP contribution in [0.1, 0.15) is 61.3 Å². The first-order valence-electron chi connectivity index (χ1n) is 11.2. The Morgan fingerprint density at radius 3 is 2.32 bits per heavy atom. The SMILES string of the molecule is C=C1C(OC(=O)C=C(C)CC)CC(C(C)C)C2C(=CC)C(=O)C(OC(=O)C(C)=CC)C12. The monoisotopic (exact) mass is 428 g/mol. The maximum absolute atomic E-state index is 13.3. The van der Waals surface area contributed by atoms with Crippen molar-refractivity contribution < 1.29 is 23.9 Å². The lowest BCUT2D eigenvalue weighted by atomic mass is 9.65. The molecule has 0 heterocycles. The maximum Gasteiger partial charge on any atom is 0.334 e. The van der Waals surface area contributed by atoms with Crippen molar-refractivity contribution in [3.63, 3.8) is 0 Å². The molecule has 2 saturated carbocycles. The summed E-state index contributed by atoms with van der Waals surface area (Å²) in [6.07, 6.45) is 4.90. The summed E-state index contributed by atoms with van der Waals surface area (Å²) in [5.41, 5.74) is 2.72. The molecule has 0 bridgehead atoms. The summed E-state index contributed by atoms with van der Waals surface area (Å²) in [5.74, 6) is -1.23. The largest absolute Gasteiger partial charge is 0.455 e. The number of Topliss-reactive ketones (excluding diaryl/α,β-unsaturated/α-hetero) is 1. The Morgan fingerprint density at radius 1 is 1.16 bits per heavy atom. The third kappa shape index (κ3) is 5.08. The third-order valence-electron chi connectivity index (χ3n) is 6.74. The van der Waals surface area contributed by atoms with E-state index in [2.05, 4.69) is 20.4 Å². The number of fused-ring (bicyclic) bond motifs is 1. The van der Waals surface area contributed by atoms with Crippen LogP contribution in [0.5, 0.6) is 0 Å². The number of carbonyl (C=O) groups excluding carboxylic acids is 3. The van der Waals surface area contributed by atoms with Gasteiger partial charge in [0.2, 0.25) is 0 Å². The molecule has 0 aliphatic heterocycles. The zero-order valence-corrected chi connectivity index (χ0v) is 19.9. The van der Waals surface area contributed by atoms with Crippen LogP contribution in [-0.4, -0.2) is 29.9 Å². The molecule has 170 valence electrons. The van der Waals surface area contributed by atoms with Crippen LogP contribution in [0.25, 0.3) is 0 Å². The van der Waals surface area contributed by atoms with Crippen LogP contribution in [-0.2, 0) is 23.9 Å². The molecule has 2 aliphatic carbocycles. The van der Waals surface area contributed by atoms with Crippen LogP contribution < -0.4 is 0 Å². The summed E-state index contributed by atoms with van der Waals surface area (Å²) >= 11 is 0. The molecule has 31 heavy (non-hydrogen) atoms. The Morgan fingerprint density at radius 2 is 1.81 bits per heavy atom. The van der Waals surface area contributed by atoms with Gasteiger partial charge in [-0.15, -0.1) is 0 Å². The van der Waals surface area contributed by atoms with E-state index in [-0.39, 0.29) is 23.5 Å². The lowest BCUT2D eigenvalue weighted by molar-refractivity contribution is -0.153. The Labute approximate surface area is 186 Å². The van der Waals surface area contributed by atoms with Crippen molar-refractivity contribution in [3.8, 4) is 0 Å². The van der Waals surface area contributed by atoms with E-state index in [1.807, 2.05) is 26.8 Å². The molecule has 0 amide bonds. The van der Waals surface area contributed by atoms with Crippen LogP contribution in [0.2, 0.25) is 0 Å². The first kappa shape index (κ1) is 24.8. The highest BCUT2D eigenvalue weighted by atomic mass is 16.6. The van der Waals surface area contributed by atoms with Crippen molar-refractivity contribution in [3.05, 3.63) is 47.1 Å². The van der Waals surface area contributed by atoms with Crippen molar-refractivity contribution in [1.82, 2.24) is 0 Å². The molecule has 0 aromatic carbocycles. The number of esters is 2. The Balaban J connectivity index is 2.44. The van der Waals surface area contributed by atoms with Gasteiger partial charge < -0.3 is 9.47 Å². The molecule has 5 nitrogen and oxygen atoms in total. The molecule has 0 radical (unpaired) electrons. The van der Waals surface area contributed by atoms with Gasteiger partial charge in [-0.05, 0) is 63.5 Å². The van der Waals surface area contributed by atoms with E-state index >= 15 is 0 Å². The molecule has 0 N–H and O–H groups in total. The minimum atomic E-state index is -0.943. The number of carbonyl (C=O) groups is 3. The van der Waals surface area contributed by atoms with Crippen molar-refractivity contribution in [1.29, 1.82) is 0 Å². The summed E-state index contributed by atoms with van der Waals surface area (Å²) in [6, 6.07) is 0. The lowest BCUT2D eigenvalue weighted by Gasteiger charge is -2.42. The van der Waals surface area contributed by atoms with E-state index in [9.17, 15) is 14.4 Å². The van der Waals surface area contributed by atoms with Crippen molar-refractivity contribution in [2.45, 2.75) is 73.5 Å². The zero-order valence-electron chi connectivity index (χ0n) is 19.9. The van der Waals surface area contributed by atoms with Crippen LogP contribution >= 0.6 is 0 Å². The van der Waals surface area contributed by atoms with Crippen molar-refractivity contribution >= 4 is 17.7 Å². The number of hydrogen-bond donors (Lipinski definition) is 0. The van der Waals surface area contributed by atoms with Gasteiger partial charge in [0, 0.05) is 23.5 Å². The Bertz CT molecular complexity index is 842. The molecular formula is C26H36O5. The van der Waals surface area contributed by atoms with Gasteiger partial charge in [-0.1, -0.05) is 45.1 Å². The fourth-order valence-electron chi connectivity index (χ4n) is 4.63. The van der Waals surface area contributed by atoms with E-state index in [0.29, 0.717) is 23.1 Å². The predicted molar refractivity (Wildman–Crippen MR) is 121 cm³/mol.